The second kappa shape index (κ2) is 6.71. The molecule has 1 heterocycles. The fourth-order valence-corrected chi connectivity index (χ4v) is 3.30. The molecule has 1 aliphatic carbocycles. The molecular formula is C17H27NO4. The number of rotatable bonds is 3. The lowest BCUT2D eigenvalue weighted by molar-refractivity contribution is -0.144. The van der Waals surface area contributed by atoms with Gasteiger partial charge in [0.05, 0.1) is 6.61 Å². The maximum atomic E-state index is 12.2. The van der Waals surface area contributed by atoms with Crippen molar-refractivity contribution in [1.82, 2.24) is 4.90 Å². The number of ether oxygens (including phenoxy) is 2. The molecule has 2 aliphatic rings. The monoisotopic (exact) mass is 309 g/mol. The van der Waals surface area contributed by atoms with Crippen LogP contribution in [-0.4, -0.2) is 42.3 Å². The van der Waals surface area contributed by atoms with Crippen LogP contribution in [0, 0.1) is 17.8 Å². The Morgan fingerprint density at radius 1 is 1.27 bits per heavy atom. The summed E-state index contributed by atoms with van der Waals surface area (Å²) in [4.78, 5) is 25.7. The minimum absolute atomic E-state index is 0.141. The average Bonchev–Trinajstić information content (AvgIpc) is 2.82. The zero-order valence-corrected chi connectivity index (χ0v) is 14.0. The summed E-state index contributed by atoms with van der Waals surface area (Å²) in [5.74, 6) is 0.751. The van der Waals surface area contributed by atoms with Crippen molar-refractivity contribution in [3.63, 3.8) is 0 Å². The lowest BCUT2D eigenvalue weighted by Crippen LogP contribution is -2.36. The molecule has 1 aliphatic heterocycles. The molecule has 124 valence electrons. The minimum Gasteiger partial charge on any atom is -0.466 e. The van der Waals surface area contributed by atoms with E-state index in [2.05, 4.69) is 12.2 Å². The van der Waals surface area contributed by atoms with Crippen LogP contribution in [0.5, 0.6) is 0 Å². The van der Waals surface area contributed by atoms with Crippen molar-refractivity contribution in [2.24, 2.45) is 17.8 Å². The molecule has 22 heavy (non-hydrogen) atoms. The fraction of sp³-hybridized carbons (Fsp3) is 0.765. The second-order valence-corrected chi connectivity index (χ2v) is 7.15. The van der Waals surface area contributed by atoms with Crippen LogP contribution in [0.1, 0.15) is 40.5 Å². The molecule has 0 aromatic carbocycles. The molecule has 0 aromatic heterocycles. The average molecular weight is 309 g/mol. The van der Waals surface area contributed by atoms with Gasteiger partial charge in [0.1, 0.15) is 5.60 Å². The van der Waals surface area contributed by atoms with E-state index in [4.69, 9.17) is 9.47 Å². The lowest BCUT2D eigenvalue weighted by atomic mass is 9.76. The predicted octanol–water partition coefficient (Wildman–Crippen LogP) is 3.00. The van der Waals surface area contributed by atoms with Crippen LogP contribution in [0.2, 0.25) is 0 Å². The minimum atomic E-state index is -0.481. The van der Waals surface area contributed by atoms with E-state index in [0.29, 0.717) is 38.0 Å². The zero-order chi connectivity index (χ0) is 16.3. The summed E-state index contributed by atoms with van der Waals surface area (Å²) in [5, 5.41) is 0. The molecular weight excluding hydrogens is 282 g/mol. The molecule has 5 nitrogen and oxygen atoms in total. The van der Waals surface area contributed by atoms with Crippen molar-refractivity contribution in [2.45, 2.75) is 46.1 Å². The molecule has 0 bridgehead atoms. The molecule has 1 amide bonds. The number of esters is 1. The fourth-order valence-electron chi connectivity index (χ4n) is 3.30. The number of hydrogen-bond acceptors (Lipinski definition) is 4. The molecule has 0 saturated carbocycles. The van der Waals surface area contributed by atoms with Gasteiger partial charge in [-0.1, -0.05) is 12.2 Å². The Labute approximate surface area is 132 Å². The first-order chi connectivity index (χ1) is 10.3. The van der Waals surface area contributed by atoms with Gasteiger partial charge in [0, 0.05) is 19.5 Å². The third-order valence-electron chi connectivity index (χ3n) is 4.23. The highest BCUT2D eigenvalue weighted by atomic mass is 16.6. The number of likely N-dealkylation sites (tertiary alicyclic amines) is 1. The van der Waals surface area contributed by atoms with E-state index in [-0.39, 0.29) is 18.0 Å². The first kappa shape index (κ1) is 16.8. The summed E-state index contributed by atoms with van der Waals surface area (Å²) in [6.45, 7) is 9.19. The van der Waals surface area contributed by atoms with Gasteiger partial charge in [-0.3, -0.25) is 4.79 Å². The van der Waals surface area contributed by atoms with Gasteiger partial charge in [-0.25, -0.2) is 4.79 Å². The third kappa shape index (κ3) is 4.24. The molecule has 0 radical (unpaired) electrons. The van der Waals surface area contributed by atoms with Crippen molar-refractivity contribution < 1.29 is 19.1 Å². The summed E-state index contributed by atoms with van der Waals surface area (Å²) in [7, 11) is 0. The maximum Gasteiger partial charge on any atom is 0.410 e. The molecule has 1 fully saturated rings. The first-order valence-corrected chi connectivity index (χ1v) is 8.10. The van der Waals surface area contributed by atoms with Gasteiger partial charge >= 0.3 is 12.1 Å². The van der Waals surface area contributed by atoms with Crippen LogP contribution in [0.25, 0.3) is 0 Å². The van der Waals surface area contributed by atoms with Crippen molar-refractivity contribution in [1.29, 1.82) is 0 Å². The highest BCUT2D eigenvalue weighted by Gasteiger charge is 2.41. The standard InChI is InChI=1S/C17H27NO4/c1-5-21-15(19)9-12-7-6-8-13-10-18(11-14(12)13)16(20)22-17(2,3)4/h6,8,12-14H,5,7,9-11H2,1-4H3. The molecule has 1 saturated heterocycles. The Kier molecular flexibility index (Phi) is 5.14. The number of carbonyl (C=O) groups is 2. The number of fused-ring (bicyclic) bond motifs is 1. The Balaban J connectivity index is 1.97. The second-order valence-electron chi connectivity index (χ2n) is 7.15. The third-order valence-corrected chi connectivity index (χ3v) is 4.23. The van der Waals surface area contributed by atoms with Crippen LogP contribution in [0.3, 0.4) is 0 Å². The molecule has 5 heteroatoms. The van der Waals surface area contributed by atoms with Crippen molar-refractivity contribution in [3.05, 3.63) is 12.2 Å². The highest BCUT2D eigenvalue weighted by Crippen LogP contribution is 2.38. The number of amides is 1. The summed E-state index contributed by atoms with van der Waals surface area (Å²) < 4.78 is 10.5. The largest absolute Gasteiger partial charge is 0.466 e. The molecule has 0 aromatic rings. The van der Waals surface area contributed by atoms with Gasteiger partial charge in [-0.2, -0.15) is 0 Å². The molecule has 3 unspecified atom stereocenters. The summed E-state index contributed by atoms with van der Waals surface area (Å²) >= 11 is 0. The van der Waals surface area contributed by atoms with E-state index < -0.39 is 5.60 Å². The molecule has 0 spiro atoms. The van der Waals surface area contributed by atoms with Crippen LogP contribution in [0.15, 0.2) is 12.2 Å². The van der Waals surface area contributed by atoms with Gasteiger partial charge in [-0.05, 0) is 51.9 Å². The van der Waals surface area contributed by atoms with E-state index in [1.54, 1.807) is 4.90 Å². The number of carbonyl (C=O) groups excluding carboxylic acids is 2. The first-order valence-electron chi connectivity index (χ1n) is 8.10. The summed E-state index contributed by atoms with van der Waals surface area (Å²) in [6.07, 6.45) is 5.36. The van der Waals surface area contributed by atoms with Crippen molar-refractivity contribution in [2.75, 3.05) is 19.7 Å². The molecule has 3 atom stereocenters. The van der Waals surface area contributed by atoms with E-state index >= 15 is 0 Å². The molecule has 0 N–H and O–H groups in total. The van der Waals surface area contributed by atoms with E-state index in [1.165, 1.54) is 0 Å². The van der Waals surface area contributed by atoms with Gasteiger partial charge in [0.15, 0.2) is 0 Å². The SMILES string of the molecule is CCOC(=O)CC1CC=CC2CN(C(=O)OC(C)(C)C)CC21. The zero-order valence-electron chi connectivity index (χ0n) is 14.0. The van der Waals surface area contributed by atoms with Crippen molar-refractivity contribution in [3.8, 4) is 0 Å². The van der Waals surface area contributed by atoms with Gasteiger partial charge < -0.3 is 14.4 Å². The van der Waals surface area contributed by atoms with Gasteiger partial charge in [-0.15, -0.1) is 0 Å². The Bertz CT molecular complexity index is 452. The van der Waals surface area contributed by atoms with E-state index in [9.17, 15) is 9.59 Å². The van der Waals surface area contributed by atoms with Crippen molar-refractivity contribution >= 4 is 12.1 Å². The predicted molar refractivity (Wildman–Crippen MR) is 83.3 cm³/mol. The highest BCUT2D eigenvalue weighted by molar-refractivity contribution is 5.70. The number of hydrogen-bond donors (Lipinski definition) is 0. The Morgan fingerprint density at radius 3 is 2.64 bits per heavy atom. The number of allylic oxidation sites excluding steroid dienone is 1. The summed E-state index contributed by atoms with van der Waals surface area (Å²) in [6, 6.07) is 0. The Morgan fingerprint density at radius 2 is 2.00 bits per heavy atom. The van der Waals surface area contributed by atoms with E-state index in [1.807, 2.05) is 27.7 Å². The lowest BCUT2D eigenvalue weighted by Gasteiger charge is -2.28. The maximum absolute atomic E-state index is 12.2. The summed E-state index contributed by atoms with van der Waals surface area (Å²) in [5.41, 5.74) is -0.481. The topological polar surface area (TPSA) is 55.8 Å². The quantitative estimate of drug-likeness (QED) is 0.594. The van der Waals surface area contributed by atoms with Gasteiger partial charge in [0.2, 0.25) is 0 Å². The van der Waals surface area contributed by atoms with Crippen LogP contribution >= 0.6 is 0 Å². The number of nitrogens with zero attached hydrogens (tertiary/aromatic N) is 1. The van der Waals surface area contributed by atoms with Crippen LogP contribution in [-0.2, 0) is 14.3 Å². The Hall–Kier alpha value is -1.52. The van der Waals surface area contributed by atoms with Gasteiger partial charge in [0.25, 0.3) is 0 Å². The smallest absolute Gasteiger partial charge is 0.410 e. The molecule has 2 rings (SSSR count). The van der Waals surface area contributed by atoms with Crippen LogP contribution < -0.4 is 0 Å². The van der Waals surface area contributed by atoms with Crippen LogP contribution in [0.4, 0.5) is 4.79 Å². The normalized spacial score (nSPS) is 27.5. The van der Waals surface area contributed by atoms with E-state index in [0.717, 1.165) is 6.42 Å².